The number of methoxy groups -OCH3 is 1. The Hall–Kier alpha value is -1.99. The van der Waals surface area contributed by atoms with Gasteiger partial charge < -0.3 is 20.5 Å². The lowest BCUT2D eigenvalue weighted by atomic mass is 10.1. The minimum atomic E-state index is -0.802. The Balaban J connectivity index is 2.06. The van der Waals surface area contributed by atoms with E-state index in [1.165, 1.54) is 12.1 Å². The van der Waals surface area contributed by atoms with Crippen molar-refractivity contribution in [1.82, 2.24) is 0 Å². The molecule has 2 unspecified atom stereocenters. The van der Waals surface area contributed by atoms with E-state index in [1.54, 1.807) is 0 Å². The van der Waals surface area contributed by atoms with Gasteiger partial charge in [0.05, 0.1) is 18.8 Å². The molecule has 1 aliphatic heterocycles. The van der Waals surface area contributed by atoms with Gasteiger partial charge in [-0.15, -0.1) is 0 Å². The molecule has 0 saturated carbocycles. The second-order valence-electron chi connectivity index (χ2n) is 4.74. The maximum Gasteiger partial charge on any atom is 0.340 e. The Morgan fingerprint density at radius 2 is 2.24 bits per heavy atom. The molecule has 0 bridgehead atoms. The van der Waals surface area contributed by atoms with Crippen LogP contribution in [0.4, 0.5) is 10.1 Å². The van der Waals surface area contributed by atoms with Crippen molar-refractivity contribution in [2.75, 3.05) is 19.0 Å². The lowest BCUT2D eigenvalue weighted by Crippen LogP contribution is -2.29. The predicted molar refractivity (Wildman–Crippen MR) is 73.3 cm³/mol. The van der Waals surface area contributed by atoms with Crippen LogP contribution in [0.3, 0.4) is 0 Å². The average molecular weight is 296 g/mol. The molecule has 1 heterocycles. The largest absolute Gasteiger partial charge is 0.465 e. The van der Waals surface area contributed by atoms with Crippen LogP contribution in [-0.4, -0.2) is 37.7 Å². The van der Waals surface area contributed by atoms with E-state index in [1.807, 2.05) is 0 Å². The van der Waals surface area contributed by atoms with E-state index in [2.05, 4.69) is 10.1 Å². The molecule has 1 aromatic rings. The summed E-state index contributed by atoms with van der Waals surface area (Å²) in [6.07, 6.45) is 0.620. The van der Waals surface area contributed by atoms with Crippen molar-refractivity contribution in [2.45, 2.75) is 25.0 Å². The summed E-state index contributed by atoms with van der Waals surface area (Å²) in [5.74, 6) is -1.85. The smallest absolute Gasteiger partial charge is 0.340 e. The topological polar surface area (TPSA) is 90.7 Å². The van der Waals surface area contributed by atoms with Gasteiger partial charge in [-0.25, -0.2) is 9.18 Å². The maximum atomic E-state index is 13.5. The molecule has 0 aliphatic carbocycles. The number of nitrogens with two attached hydrogens (primary N) is 1. The van der Waals surface area contributed by atoms with Crippen molar-refractivity contribution in [3.63, 3.8) is 0 Å². The van der Waals surface area contributed by atoms with E-state index in [4.69, 9.17) is 10.5 Å². The van der Waals surface area contributed by atoms with Crippen molar-refractivity contribution in [3.05, 3.63) is 29.6 Å². The molecule has 0 spiro atoms. The third-order valence-electron chi connectivity index (χ3n) is 3.30. The van der Waals surface area contributed by atoms with Gasteiger partial charge in [0.2, 0.25) is 0 Å². The Bertz CT molecular complexity index is 550. The van der Waals surface area contributed by atoms with Crippen LogP contribution in [0.25, 0.3) is 0 Å². The summed E-state index contributed by atoms with van der Waals surface area (Å²) in [6, 6.07) is 3.70. The van der Waals surface area contributed by atoms with E-state index in [0.717, 1.165) is 19.6 Å². The highest BCUT2D eigenvalue weighted by Gasteiger charge is 2.30. The van der Waals surface area contributed by atoms with Crippen LogP contribution in [0.1, 0.15) is 23.2 Å². The molecule has 1 saturated heterocycles. The third kappa shape index (κ3) is 3.56. The van der Waals surface area contributed by atoms with Gasteiger partial charge in [0, 0.05) is 12.2 Å². The van der Waals surface area contributed by atoms with Crippen LogP contribution in [-0.2, 0) is 14.3 Å². The first kappa shape index (κ1) is 15.4. The average Bonchev–Trinajstić information content (AvgIpc) is 2.97. The fourth-order valence-electron chi connectivity index (χ4n) is 2.16. The number of anilines is 1. The summed E-state index contributed by atoms with van der Waals surface area (Å²) in [4.78, 5) is 23.4. The molecule has 6 nitrogen and oxygen atoms in total. The molecule has 7 heteroatoms. The Labute approximate surface area is 121 Å². The summed E-state index contributed by atoms with van der Waals surface area (Å²) in [7, 11) is 1.16. The highest BCUT2D eigenvalue weighted by Crippen LogP contribution is 2.21. The highest BCUT2D eigenvalue weighted by molar-refractivity contribution is 5.96. The minimum Gasteiger partial charge on any atom is -0.465 e. The monoisotopic (exact) mass is 296 g/mol. The molecule has 114 valence electrons. The number of nitrogens with one attached hydrogen (secondary N) is 1. The number of carbonyl (C=O) groups excluding carboxylic acids is 2. The number of esters is 1. The van der Waals surface area contributed by atoms with Crippen molar-refractivity contribution >= 4 is 17.6 Å². The number of hydrogen-bond acceptors (Lipinski definition) is 5. The molecule has 1 aromatic carbocycles. The highest BCUT2D eigenvalue weighted by atomic mass is 19.1. The molecule has 0 aromatic heterocycles. The number of hydrogen-bond donors (Lipinski definition) is 2. The summed E-state index contributed by atoms with van der Waals surface area (Å²) in [6.45, 7) is 0.368. The van der Waals surface area contributed by atoms with Gasteiger partial charge in [-0.3, -0.25) is 4.79 Å². The van der Waals surface area contributed by atoms with Crippen LogP contribution in [0.15, 0.2) is 18.2 Å². The Morgan fingerprint density at radius 1 is 1.48 bits per heavy atom. The van der Waals surface area contributed by atoms with E-state index in [0.29, 0.717) is 18.7 Å². The van der Waals surface area contributed by atoms with Gasteiger partial charge in [-0.1, -0.05) is 0 Å². The fourth-order valence-corrected chi connectivity index (χ4v) is 2.16. The second kappa shape index (κ2) is 6.64. The van der Waals surface area contributed by atoms with Gasteiger partial charge in [0.1, 0.15) is 11.9 Å². The first-order valence-corrected chi connectivity index (χ1v) is 6.59. The molecule has 3 N–H and O–H groups in total. The zero-order valence-corrected chi connectivity index (χ0v) is 11.6. The molecule has 1 aliphatic rings. The van der Waals surface area contributed by atoms with Crippen molar-refractivity contribution in [2.24, 2.45) is 5.73 Å². The molecule has 1 fully saturated rings. The normalized spacial score (nSPS) is 21.1. The number of amides is 1. The van der Waals surface area contributed by atoms with Crippen molar-refractivity contribution < 1.29 is 23.5 Å². The summed E-state index contributed by atoms with van der Waals surface area (Å²) < 4.78 is 23.4. The SMILES string of the molecule is COC(=O)c1cc(NC(=O)C2CCC(CN)O2)ccc1F. The predicted octanol–water partition coefficient (Wildman–Crippen LogP) is 1.06. The first-order chi connectivity index (χ1) is 10.0. The summed E-state index contributed by atoms with van der Waals surface area (Å²) in [5, 5.41) is 2.60. The summed E-state index contributed by atoms with van der Waals surface area (Å²) >= 11 is 0. The standard InChI is InChI=1S/C14H17FN2O4/c1-20-14(19)10-6-8(2-4-11(10)15)17-13(18)12-5-3-9(7-16)21-12/h2,4,6,9,12H,3,5,7,16H2,1H3,(H,17,18). The second-order valence-corrected chi connectivity index (χ2v) is 4.74. The lowest BCUT2D eigenvalue weighted by Gasteiger charge is -2.13. The minimum absolute atomic E-state index is 0.111. The van der Waals surface area contributed by atoms with Gasteiger partial charge in [-0.2, -0.15) is 0 Å². The quantitative estimate of drug-likeness (QED) is 0.811. The molecule has 1 amide bonds. The first-order valence-electron chi connectivity index (χ1n) is 6.59. The lowest BCUT2D eigenvalue weighted by molar-refractivity contribution is -0.126. The number of halogens is 1. The van der Waals surface area contributed by atoms with Crippen LogP contribution >= 0.6 is 0 Å². The van der Waals surface area contributed by atoms with Gasteiger partial charge in [0.25, 0.3) is 5.91 Å². The van der Waals surface area contributed by atoms with E-state index in [-0.39, 0.29) is 17.6 Å². The molecule has 21 heavy (non-hydrogen) atoms. The summed E-state index contributed by atoms with van der Waals surface area (Å²) in [5.41, 5.74) is 5.56. The van der Waals surface area contributed by atoms with Gasteiger partial charge >= 0.3 is 5.97 Å². The van der Waals surface area contributed by atoms with Crippen molar-refractivity contribution in [3.8, 4) is 0 Å². The Morgan fingerprint density at radius 3 is 2.86 bits per heavy atom. The zero-order valence-electron chi connectivity index (χ0n) is 11.6. The van der Waals surface area contributed by atoms with Gasteiger partial charge in [-0.05, 0) is 31.0 Å². The maximum absolute atomic E-state index is 13.5. The van der Waals surface area contributed by atoms with Crippen molar-refractivity contribution in [1.29, 1.82) is 0 Å². The molecular weight excluding hydrogens is 279 g/mol. The third-order valence-corrected chi connectivity index (χ3v) is 3.30. The van der Waals surface area contributed by atoms with Crippen LogP contribution in [0, 0.1) is 5.82 Å². The number of carbonyl (C=O) groups is 2. The molecule has 2 atom stereocenters. The molecule has 2 rings (SSSR count). The van der Waals surface area contributed by atoms with E-state index < -0.39 is 17.9 Å². The molecule has 0 radical (unpaired) electrons. The van der Waals surface area contributed by atoms with Crippen LogP contribution < -0.4 is 11.1 Å². The number of ether oxygens (including phenoxy) is 2. The fraction of sp³-hybridized carbons (Fsp3) is 0.429. The van der Waals surface area contributed by atoms with Crippen LogP contribution in [0.5, 0.6) is 0 Å². The van der Waals surface area contributed by atoms with Crippen LogP contribution in [0.2, 0.25) is 0 Å². The Kier molecular flexibility index (Phi) is 4.87. The zero-order chi connectivity index (χ0) is 15.4. The van der Waals surface area contributed by atoms with E-state index in [9.17, 15) is 14.0 Å². The number of rotatable bonds is 4. The van der Waals surface area contributed by atoms with E-state index >= 15 is 0 Å². The molecular formula is C14H17FN2O4. The van der Waals surface area contributed by atoms with Gasteiger partial charge in [0.15, 0.2) is 0 Å². The number of benzene rings is 1.